The van der Waals surface area contributed by atoms with E-state index in [0.29, 0.717) is 5.92 Å². The molecule has 0 saturated heterocycles. The highest BCUT2D eigenvalue weighted by Gasteiger charge is 2.05. The van der Waals surface area contributed by atoms with E-state index < -0.39 is 0 Å². The van der Waals surface area contributed by atoms with Crippen molar-refractivity contribution in [3.63, 3.8) is 0 Å². The molecule has 2 heteroatoms. The van der Waals surface area contributed by atoms with Crippen LogP contribution in [0.25, 0.3) is 11.0 Å². The fourth-order valence-electron chi connectivity index (χ4n) is 1.59. The van der Waals surface area contributed by atoms with Gasteiger partial charge in [-0.2, -0.15) is 0 Å². The van der Waals surface area contributed by atoms with E-state index in [1.54, 1.807) is 18.2 Å². The summed E-state index contributed by atoms with van der Waals surface area (Å²) >= 11 is 0. The third kappa shape index (κ3) is 1.74. The van der Waals surface area contributed by atoms with Crippen molar-refractivity contribution in [2.45, 2.75) is 20.3 Å². The average molecular weight is 190 g/mol. The maximum absolute atomic E-state index is 9.28. The van der Waals surface area contributed by atoms with E-state index in [1.807, 2.05) is 6.07 Å². The van der Waals surface area contributed by atoms with Crippen LogP contribution in [0.15, 0.2) is 28.7 Å². The van der Waals surface area contributed by atoms with Gasteiger partial charge in [0.2, 0.25) is 0 Å². The van der Waals surface area contributed by atoms with E-state index in [2.05, 4.69) is 13.8 Å². The second-order valence-electron chi connectivity index (χ2n) is 4.03. The quantitative estimate of drug-likeness (QED) is 0.787. The first-order valence-corrected chi connectivity index (χ1v) is 4.86. The summed E-state index contributed by atoms with van der Waals surface area (Å²) in [5.41, 5.74) is 0.846. The van der Waals surface area contributed by atoms with Crippen LogP contribution in [0.2, 0.25) is 0 Å². The zero-order chi connectivity index (χ0) is 10.1. The van der Waals surface area contributed by atoms with Crippen molar-refractivity contribution in [3.8, 4) is 5.75 Å². The zero-order valence-corrected chi connectivity index (χ0v) is 8.45. The topological polar surface area (TPSA) is 33.4 Å². The fraction of sp³-hybridized carbons (Fsp3) is 0.333. The summed E-state index contributed by atoms with van der Waals surface area (Å²) < 4.78 is 5.62. The first-order valence-electron chi connectivity index (χ1n) is 4.86. The molecule has 0 fully saturated rings. The minimum absolute atomic E-state index is 0.286. The summed E-state index contributed by atoms with van der Waals surface area (Å²) in [4.78, 5) is 0. The minimum atomic E-state index is 0.286. The molecule has 14 heavy (non-hydrogen) atoms. The molecule has 0 atom stereocenters. The van der Waals surface area contributed by atoms with Crippen LogP contribution in [0.3, 0.4) is 0 Å². The molecular weight excluding hydrogens is 176 g/mol. The molecule has 2 nitrogen and oxygen atoms in total. The van der Waals surface area contributed by atoms with Gasteiger partial charge in [0.1, 0.15) is 17.1 Å². The Morgan fingerprint density at radius 2 is 2.07 bits per heavy atom. The normalized spacial score (nSPS) is 11.4. The molecule has 0 bridgehead atoms. The van der Waals surface area contributed by atoms with Crippen LogP contribution < -0.4 is 0 Å². The Bertz CT molecular complexity index is 441. The highest BCUT2D eigenvalue weighted by Crippen LogP contribution is 2.24. The third-order valence-electron chi connectivity index (χ3n) is 2.16. The summed E-state index contributed by atoms with van der Waals surface area (Å²) in [7, 11) is 0. The van der Waals surface area contributed by atoms with Crippen molar-refractivity contribution >= 4 is 11.0 Å². The van der Waals surface area contributed by atoms with Crippen LogP contribution in [0.5, 0.6) is 5.75 Å². The van der Waals surface area contributed by atoms with Gasteiger partial charge in [-0.1, -0.05) is 13.8 Å². The lowest BCUT2D eigenvalue weighted by Crippen LogP contribution is -1.90. The zero-order valence-electron chi connectivity index (χ0n) is 8.45. The molecule has 0 aliphatic rings. The van der Waals surface area contributed by atoms with Gasteiger partial charge in [0.05, 0.1) is 0 Å². The molecule has 1 N–H and O–H groups in total. The molecule has 2 rings (SSSR count). The summed E-state index contributed by atoms with van der Waals surface area (Å²) in [5.74, 6) is 1.86. The Morgan fingerprint density at radius 1 is 1.29 bits per heavy atom. The van der Waals surface area contributed by atoms with E-state index in [-0.39, 0.29) is 5.75 Å². The lowest BCUT2D eigenvalue weighted by Gasteiger charge is -1.98. The van der Waals surface area contributed by atoms with E-state index in [9.17, 15) is 5.11 Å². The number of phenols is 1. The number of benzene rings is 1. The van der Waals surface area contributed by atoms with Crippen LogP contribution in [0.1, 0.15) is 19.6 Å². The molecule has 74 valence electrons. The van der Waals surface area contributed by atoms with Crippen LogP contribution in [0, 0.1) is 5.92 Å². The summed E-state index contributed by atoms with van der Waals surface area (Å²) in [6, 6.07) is 7.16. The maximum atomic E-state index is 9.28. The molecule has 0 saturated carbocycles. The van der Waals surface area contributed by atoms with Gasteiger partial charge in [0.25, 0.3) is 0 Å². The second-order valence-corrected chi connectivity index (χ2v) is 4.03. The summed E-state index contributed by atoms with van der Waals surface area (Å²) in [6.45, 7) is 4.31. The first kappa shape index (κ1) is 9.13. The highest BCUT2D eigenvalue weighted by atomic mass is 16.3. The van der Waals surface area contributed by atoms with Crippen LogP contribution >= 0.6 is 0 Å². The van der Waals surface area contributed by atoms with E-state index in [1.165, 1.54) is 0 Å². The van der Waals surface area contributed by atoms with Crippen molar-refractivity contribution in [2.75, 3.05) is 0 Å². The van der Waals surface area contributed by atoms with E-state index in [0.717, 1.165) is 23.2 Å². The van der Waals surface area contributed by atoms with Crippen molar-refractivity contribution in [2.24, 2.45) is 5.92 Å². The van der Waals surface area contributed by atoms with E-state index in [4.69, 9.17) is 4.42 Å². The summed E-state index contributed by atoms with van der Waals surface area (Å²) in [6.07, 6.45) is 0.940. The predicted octanol–water partition coefficient (Wildman–Crippen LogP) is 3.34. The van der Waals surface area contributed by atoms with Gasteiger partial charge in [-0.15, -0.1) is 0 Å². The van der Waals surface area contributed by atoms with Crippen molar-refractivity contribution < 1.29 is 9.52 Å². The van der Waals surface area contributed by atoms with Gasteiger partial charge in [0.15, 0.2) is 0 Å². The molecule has 0 spiro atoms. The molecule has 1 aromatic heterocycles. The molecular formula is C12H14O2. The molecule has 2 aromatic rings. The molecule has 1 aromatic carbocycles. The Labute approximate surface area is 83.2 Å². The van der Waals surface area contributed by atoms with Gasteiger partial charge in [-0.05, 0) is 30.2 Å². The second kappa shape index (κ2) is 3.37. The lowest BCUT2D eigenvalue weighted by molar-refractivity contribution is 0.475. The number of phenolic OH excluding ortho intramolecular Hbond substituents is 1. The summed E-state index contributed by atoms with van der Waals surface area (Å²) in [5, 5.41) is 10.3. The standard InChI is InChI=1S/C12H14O2/c1-8(2)5-11-7-9-6-10(13)3-4-12(9)14-11/h3-4,6-8,13H,5H2,1-2H3. The average Bonchev–Trinajstić information content (AvgIpc) is 2.44. The smallest absolute Gasteiger partial charge is 0.134 e. The minimum Gasteiger partial charge on any atom is -0.508 e. The number of furan rings is 1. The number of fused-ring (bicyclic) bond motifs is 1. The van der Waals surface area contributed by atoms with Crippen molar-refractivity contribution in [3.05, 3.63) is 30.0 Å². The van der Waals surface area contributed by atoms with Gasteiger partial charge in [-0.25, -0.2) is 0 Å². The molecule has 0 unspecified atom stereocenters. The molecule has 1 heterocycles. The Morgan fingerprint density at radius 3 is 2.79 bits per heavy atom. The number of hydrogen-bond donors (Lipinski definition) is 1. The van der Waals surface area contributed by atoms with Crippen molar-refractivity contribution in [1.29, 1.82) is 0 Å². The van der Waals surface area contributed by atoms with E-state index >= 15 is 0 Å². The van der Waals surface area contributed by atoms with Gasteiger partial charge in [-0.3, -0.25) is 0 Å². The molecule has 0 aliphatic carbocycles. The van der Waals surface area contributed by atoms with Gasteiger partial charge < -0.3 is 9.52 Å². The van der Waals surface area contributed by atoms with Crippen LogP contribution in [-0.2, 0) is 6.42 Å². The SMILES string of the molecule is CC(C)Cc1cc2cc(O)ccc2o1. The van der Waals surface area contributed by atoms with Crippen LogP contribution in [0.4, 0.5) is 0 Å². The monoisotopic (exact) mass is 190 g/mol. The van der Waals surface area contributed by atoms with Gasteiger partial charge in [0, 0.05) is 11.8 Å². The Balaban J connectivity index is 2.41. The van der Waals surface area contributed by atoms with Crippen molar-refractivity contribution in [1.82, 2.24) is 0 Å². The first-order chi connectivity index (χ1) is 6.65. The highest BCUT2D eigenvalue weighted by molar-refractivity contribution is 5.79. The number of rotatable bonds is 2. The Kier molecular flexibility index (Phi) is 2.20. The Hall–Kier alpha value is -1.44. The maximum Gasteiger partial charge on any atom is 0.134 e. The lowest BCUT2D eigenvalue weighted by atomic mass is 10.1. The number of hydrogen-bond acceptors (Lipinski definition) is 2. The van der Waals surface area contributed by atoms with Gasteiger partial charge >= 0.3 is 0 Å². The van der Waals surface area contributed by atoms with Crippen LogP contribution in [-0.4, -0.2) is 5.11 Å². The molecule has 0 aliphatic heterocycles. The fourth-order valence-corrected chi connectivity index (χ4v) is 1.59. The third-order valence-corrected chi connectivity index (χ3v) is 2.16. The molecule has 0 amide bonds. The predicted molar refractivity (Wildman–Crippen MR) is 56.4 cm³/mol. The number of aromatic hydroxyl groups is 1. The molecule has 0 radical (unpaired) electrons. The largest absolute Gasteiger partial charge is 0.508 e.